The maximum atomic E-state index is 9.62. The Kier molecular flexibility index (Phi) is 6.58. The van der Waals surface area contributed by atoms with Crippen molar-refractivity contribution >= 4 is 22.8 Å². The van der Waals surface area contributed by atoms with Gasteiger partial charge < -0.3 is 11.5 Å². The molecule has 0 spiro atoms. The topological polar surface area (TPSA) is 98.2 Å². The molecule has 0 saturated heterocycles. The van der Waals surface area contributed by atoms with Gasteiger partial charge in [-0.05, 0) is 10.8 Å². The molecule has 0 heterocycles. The third-order valence-corrected chi connectivity index (χ3v) is 1.91. The van der Waals surface area contributed by atoms with Crippen LogP contribution in [0.4, 0.5) is 9.59 Å². The number of fused-ring (bicyclic) bond motifs is 1. The van der Waals surface area contributed by atoms with E-state index in [0.717, 1.165) is 0 Å². The zero-order valence-electron chi connectivity index (χ0n) is 9.09. The van der Waals surface area contributed by atoms with E-state index in [2.05, 4.69) is 60.0 Å². The number of nitrogens with one attached hydrogen (secondary N) is 1. The molecule has 0 atom stereocenters. The van der Waals surface area contributed by atoms with Crippen LogP contribution in [0.15, 0.2) is 48.5 Å². The molecular weight excluding hydrogens is 230 g/mol. The van der Waals surface area contributed by atoms with Crippen LogP contribution in [-0.4, -0.2) is 12.1 Å². The molecule has 5 N–H and O–H groups in total. The summed E-state index contributed by atoms with van der Waals surface area (Å²) in [6.07, 6.45) is 0. The molecule has 5 nitrogen and oxygen atoms in total. The first-order chi connectivity index (χ1) is 8.09. The first-order valence-electron chi connectivity index (χ1n) is 4.89. The largest absolute Gasteiger partial charge is 0.351 e. The Balaban J connectivity index is 0.000000326. The second kappa shape index (κ2) is 7.67. The van der Waals surface area contributed by atoms with Crippen LogP contribution in [0.2, 0.25) is 0 Å². The van der Waals surface area contributed by atoms with Crippen molar-refractivity contribution in [3.05, 3.63) is 48.5 Å². The number of carbonyl (C=O) groups is 2. The summed E-state index contributed by atoms with van der Waals surface area (Å²) in [6, 6.07) is 14.8. The fourth-order valence-electron chi connectivity index (χ4n) is 1.25. The summed E-state index contributed by atoms with van der Waals surface area (Å²) in [4.78, 5) is 19.2. The van der Waals surface area contributed by atoms with Gasteiger partial charge in [-0.1, -0.05) is 56.0 Å². The van der Waals surface area contributed by atoms with Crippen LogP contribution in [0, 0.1) is 0 Å². The maximum Gasteiger partial charge on any atom is 0.320 e. The van der Waals surface area contributed by atoms with Gasteiger partial charge in [0.1, 0.15) is 0 Å². The summed E-state index contributed by atoms with van der Waals surface area (Å²) >= 11 is 0. The van der Waals surface area contributed by atoms with Gasteiger partial charge >= 0.3 is 12.1 Å². The number of hydrogen-bond acceptors (Lipinski definition) is 2. The summed E-state index contributed by atoms with van der Waals surface area (Å²) in [5, 5.41) is 4.20. The van der Waals surface area contributed by atoms with Gasteiger partial charge in [0.2, 0.25) is 0 Å². The normalized spacial score (nSPS) is 8.44. The minimum absolute atomic E-state index is 0. The van der Waals surface area contributed by atoms with E-state index < -0.39 is 12.1 Å². The molecule has 96 valence electrons. The average Bonchev–Trinajstić information content (AvgIpc) is 2.28. The van der Waals surface area contributed by atoms with Gasteiger partial charge in [0.15, 0.2) is 0 Å². The molecule has 5 heteroatoms. The molecule has 2 aromatic carbocycles. The number of urea groups is 2. The number of rotatable bonds is 0. The van der Waals surface area contributed by atoms with Gasteiger partial charge in [-0.15, -0.1) is 0 Å². The number of benzene rings is 2. The lowest BCUT2D eigenvalue weighted by Gasteiger charge is -1.92. The lowest BCUT2D eigenvalue weighted by atomic mass is 10.1. The van der Waals surface area contributed by atoms with E-state index in [1.807, 2.05) is 0 Å². The number of primary amides is 2. The SMILES string of the molecule is C.NC(=O)NC(N)=O.c1ccc2ccccc2c1. The molecule has 0 aliphatic rings. The monoisotopic (exact) mass is 247 g/mol. The molecule has 18 heavy (non-hydrogen) atoms. The van der Waals surface area contributed by atoms with E-state index in [9.17, 15) is 9.59 Å². The predicted molar refractivity (Wildman–Crippen MR) is 73.0 cm³/mol. The minimum atomic E-state index is -0.938. The van der Waals surface area contributed by atoms with Crippen LogP contribution >= 0.6 is 0 Å². The fourth-order valence-corrected chi connectivity index (χ4v) is 1.25. The summed E-state index contributed by atoms with van der Waals surface area (Å²) in [6.45, 7) is 0. The van der Waals surface area contributed by atoms with Crippen molar-refractivity contribution in [2.24, 2.45) is 11.5 Å². The van der Waals surface area contributed by atoms with E-state index in [1.165, 1.54) is 10.8 Å². The van der Waals surface area contributed by atoms with Crippen LogP contribution in [0.25, 0.3) is 10.8 Å². The smallest absolute Gasteiger partial charge is 0.320 e. The van der Waals surface area contributed by atoms with Crippen molar-refractivity contribution in [2.75, 3.05) is 0 Å². The molecule has 4 amide bonds. The van der Waals surface area contributed by atoms with Gasteiger partial charge in [-0.3, -0.25) is 5.32 Å². The third kappa shape index (κ3) is 5.50. The maximum absolute atomic E-state index is 9.62. The first kappa shape index (κ1) is 15.4. The van der Waals surface area contributed by atoms with Crippen molar-refractivity contribution < 1.29 is 9.59 Å². The summed E-state index contributed by atoms with van der Waals surface area (Å²) in [7, 11) is 0. The van der Waals surface area contributed by atoms with Crippen LogP contribution in [0.1, 0.15) is 7.43 Å². The fraction of sp³-hybridized carbons (Fsp3) is 0.0769. The van der Waals surface area contributed by atoms with Crippen molar-refractivity contribution in [1.29, 1.82) is 0 Å². The van der Waals surface area contributed by atoms with Crippen molar-refractivity contribution in [2.45, 2.75) is 7.43 Å². The minimum Gasteiger partial charge on any atom is -0.351 e. The van der Waals surface area contributed by atoms with E-state index >= 15 is 0 Å². The second-order valence-electron chi connectivity index (χ2n) is 3.20. The summed E-state index contributed by atoms with van der Waals surface area (Å²) in [5.74, 6) is 0. The van der Waals surface area contributed by atoms with Gasteiger partial charge in [0.05, 0.1) is 0 Å². The summed E-state index contributed by atoms with van der Waals surface area (Å²) < 4.78 is 0. The van der Waals surface area contributed by atoms with E-state index in [0.29, 0.717) is 0 Å². The zero-order chi connectivity index (χ0) is 12.7. The highest BCUT2D eigenvalue weighted by molar-refractivity contribution is 5.91. The Morgan fingerprint density at radius 2 is 1.06 bits per heavy atom. The number of nitrogens with two attached hydrogens (primary N) is 2. The van der Waals surface area contributed by atoms with Gasteiger partial charge in [-0.25, -0.2) is 9.59 Å². The van der Waals surface area contributed by atoms with Crippen LogP contribution in [-0.2, 0) is 0 Å². The van der Waals surface area contributed by atoms with Crippen LogP contribution < -0.4 is 16.8 Å². The Morgan fingerprint density at radius 1 is 0.778 bits per heavy atom. The highest BCUT2D eigenvalue weighted by Gasteiger charge is 1.92. The molecule has 0 aromatic heterocycles. The van der Waals surface area contributed by atoms with Crippen molar-refractivity contribution in [1.82, 2.24) is 5.32 Å². The molecule has 0 unspecified atom stereocenters. The number of hydrogen-bond donors (Lipinski definition) is 3. The molecule has 0 aliphatic heterocycles. The lowest BCUT2D eigenvalue weighted by Crippen LogP contribution is -2.38. The highest BCUT2D eigenvalue weighted by Crippen LogP contribution is 2.11. The number of amides is 4. The molecule has 0 bridgehead atoms. The molecule has 0 aliphatic carbocycles. The van der Waals surface area contributed by atoms with Crippen LogP contribution in [0.3, 0.4) is 0 Å². The Labute approximate surface area is 106 Å². The molecular formula is C13H17N3O2. The van der Waals surface area contributed by atoms with E-state index in [4.69, 9.17) is 0 Å². The highest BCUT2D eigenvalue weighted by atomic mass is 16.2. The number of imide groups is 1. The van der Waals surface area contributed by atoms with Crippen LogP contribution in [0.5, 0.6) is 0 Å². The lowest BCUT2D eigenvalue weighted by molar-refractivity contribution is 0.236. The molecule has 0 fully saturated rings. The molecule has 2 aromatic rings. The Morgan fingerprint density at radius 3 is 1.22 bits per heavy atom. The Hall–Kier alpha value is -2.56. The van der Waals surface area contributed by atoms with E-state index in [-0.39, 0.29) is 7.43 Å². The number of carbonyl (C=O) groups excluding carboxylic acids is 2. The zero-order valence-corrected chi connectivity index (χ0v) is 9.09. The van der Waals surface area contributed by atoms with E-state index in [1.54, 1.807) is 5.32 Å². The Bertz CT molecular complexity index is 449. The first-order valence-corrected chi connectivity index (χ1v) is 4.89. The average molecular weight is 247 g/mol. The van der Waals surface area contributed by atoms with Crippen molar-refractivity contribution in [3.8, 4) is 0 Å². The standard InChI is InChI=1S/C10H8.C2H5N3O2.CH4/c1-2-6-10-8-4-3-7-9(10)5-1;3-1(6)5-2(4)7;/h1-8H;(H5,3,4,5,6,7);1H4. The molecule has 0 saturated carbocycles. The predicted octanol–water partition coefficient (Wildman–Crippen LogP) is 2.21. The van der Waals surface area contributed by atoms with Gasteiger partial charge in [-0.2, -0.15) is 0 Å². The van der Waals surface area contributed by atoms with Crippen molar-refractivity contribution in [3.63, 3.8) is 0 Å². The molecule has 0 radical (unpaired) electrons. The summed E-state index contributed by atoms with van der Waals surface area (Å²) in [5.41, 5.74) is 8.88. The third-order valence-electron chi connectivity index (χ3n) is 1.91. The quantitative estimate of drug-likeness (QED) is 0.665. The molecule has 2 rings (SSSR count). The van der Waals surface area contributed by atoms with Gasteiger partial charge in [0, 0.05) is 0 Å². The second-order valence-corrected chi connectivity index (χ2v) is 3.20. The van der Waals surface area contributed by atoms with Gasteiger partial charge in [0.25, 0.3) is 0 Å².